The number of para-hydroxylation sites is 1. The first-order valence-electron chi connectivity index (χ1n) is 5.57. The van der Waals surface area contributed by atoms with Crippen molar-refractivity contribution in [2.45, 2.75) is 18.9 Å². The van der Waals surface area contributed by atoms with E-state index >= 15 is 0 Å². The molecule has 3 heteroatoms. The van der Waals surface area contributed by atoms with E-state index in [9.17, 15) is 0 Å². The van der Waals surface area contributed by atoms with Gasteiger partial charge < -0.3 is 9.64 Å². The van der Waals surface area contributed by atoms with Gasteiger partial charge in [-0.15, -0.1) is 12.6 Å². The molecular weight excluding hydrogens is 242 g/mol. The highest BCUT2D eigenvalue weighted by Gasteiger charge is 2.17. The first-order chi connectivity index (χ1) is 8.33. The average Bonchev–Trinajstić information content (AvgIpc) is 2.39. The fourth-order valence-electron chi connectivity index (χ4n) is 2.03. The molecule has 0 fully saturated rings. The number of thiol groups is 1. The van der Waals surface area contributed by atoms with Gasteiger partial charge in [0.2, 0.25) is 0 Å². The Bertz CT molecular complexity index is 527. The zero-order valence-electron chi connectivity index (χ0n) is 9.34. The van der Waals surface area contributed by atoms with Crippen LogP contribution in [0.1, 0.15) is 13.0 Å². The Kier molecular flexibility index (Phi) is 3.82. The minimum Gasteiger partial charge on any atom is -0.473 e. The molecule has 0 N–H and O–H groups in total. The molecule has 0 unspecified atom stereocenters. The molecule has 2 aromatic rings. The lowest BCUT2D eigenvalue weighted by Crippen LogP contribution is -2.31. The highest BCUT2D eigenvalue weighted by atomic mass is 32.1. The van der Waals surface area contributed by atoms with E-state index in [4.69, 9.17) is 4.74 Å². The van der Waals surface area contributed by atoms with Crippen LogP contribution < -0.4 is 9.64 Å². The maximum atomic E-state index is 5.74. The molecule has 1 heterocycles. The summed E-state index contributed by atoms with van der Waals surface area (Å²) in [7, 11) is 0. The fourth-order valence-corrected chi connectivity index (χ4v) is 2.26. The first-order valence-corrected chi connectivity index (χ1v) is 6.02. The number of benzene rings is 2. The zero-order chi connectivity index (χ0) is 11.7. The van der Waals surface area contributed by atoms with Crippen LogP contribution in [0.3, 0.4) is 0 Å². The van der Waals surface area contributed by atoms with Crippen LogP contribution in [0.2, 0.25) is 0 Å². The third-order valence-electron chi connectivity index (χ3n) is 2.90. The number of rotatable bonds is 1. The van der Waals surface area contributed by atoms with Crippen LogP contribution in [0.5, 0.6) is 5.75 Å². The highest BCUT2D eigenvalue weighted by molar-refractivity contribution is 7.80. The number of hydrogen-bond donors (Lipinski definition) is 1. The van der Waals surface area contributed by atoms with Crippen LogP contribution >= 0.6 is 12.6 Å². The summed E-state index contributed by atoms with van der Waals surface area (Å²) in [6.07, 6.45) is 0. The molecule has 94 valence electrons. The summed E-state index contributed by atoms with van der Waals surface area (Å²) in [5.41, 5.74) is 2.37. The van der Waals surface area contributed by atoms with Crippen LogP contribution in [0.15, 0.2) is 53.4 Å². The van der Waals surface area contributed by atoms with Gasteiger partial charge in [0.15, 0.2) is 6.73 Å². The van der Waals surface area contributed by atoms with Crippen LogP contribution in [0, 0.1) is 0 Å². The lowest BCUT2D eigenvalue weighted by Gasteiger charge is -2.30. The topological polar surface area (TPSA) is 12.5 Å². The van der Waals surface area contributed by atoms with E-state index in [2.05, 4.69) is 35.7 Å². The molecule has 0 atom stereocenters. The van der Waals surface area contributed by atoms with Crippen molar-refractivity contribution < 1.29 is 4.74 Å². The molecule has 0 radical (unpaired) electrons. The number of fused-ring (bicyclic) bond motifs is 1. The first kappa shape index (κ1) is 12.8. The van der Waals surface area contributed by atoms with Gasteiger partial charge in [0.05, 0.1) is 0 Å². The number of ether oxygens (including phenoxy) is 1. The second-order valence-electron chi connectivity index (χ2n) is 4.10. The Morgan fingerprint density at radius 2 is 1.83 bits per heavy atom. The molecule has 0 amide bonds. The number of anilines is 1. The number of nitrogens with zero attached hydrogens (tertiary/aromatic N) is 1. The normalized spacial score (nSPS) is 13.3. The molecular formula is C15H17NOS. The molecule has 2 aromatic carbocycles. The van der Waals surface area contributed by atoms with Crippen LogP contribution in [0.4, 0.5) is 5.69 Å². The SMILES string of the molecule is C.Sc1ccc2c(c1)CN(c1ccccc1)CO2. The van der Waals surface area contributed by atoms with E-state index in [1.165, 1.54) is 11.3 Å². The van der Waals surface area contributed by atoms with Gasteiger partial charge in [0, 0.05) is 22.7 Å². The van der Waals surface area contributed by atoms with E-state index < -0.39 is 0 Å². The van der Waals surface area contributed by atoms with E-state index in [1.807, 2.05) is 30.3 Å². The Balaban J connectivity index is 0.00000120. The smallest absolute Gasteiger partial charge is 0.161 e. The predicted molar refractivity (Wildman–Crippen MR) is 78.5 cm³/mol. The van der Waals surface area contributed by atoms with Crippen LogP contribution in [0.25, 0.3) is 0 Å². The predicted octanol–water partition coefficient (Wildman–Crippen LogP) is 3.97. The average molecular weight is 259 g/mol. The molecule has 0 aromatic heterocycles. The zero-order valence-corrected chi connectivity index (χ0v) is 10.2. The van der Waals surface area contributed by atoms with Gasteiger partial charge in [0.25, 0.3) is 0 Å². The summed E-state index contributed by atoms with van der Waals surface area (Å²) in [4.78, 5) is 3.18. The molecule has 18 heavy (non-hydrogen) atoms. The highest BCUT2D eigenvalue weighted by Crippen LogP contribution is 2.29. The Morgan fingerprint density at radius 1 is 1.06 bits per heavy atom. The number of hydrogen-bond acceptors (Lipinski definition) is 3. The molecule has 0 bridgehead atoms. The molecule has 0 aliphatic carbocycles. The van der Waals surface area contributed by atoms with Crippen molar-refractivity contribution in [3.8, 4) is 5.75 Å². The largest absolute Gasteiger partial charge is 0.473 e. The van der Waals surface area contributed by atoms with Crippen LogP contribution in [-0.2, 0) is 6.54 Å². The minimum absolute atomic E-state index is 0. The molecule has 0 saturated heterocycles. The van der Waals surface area contributed by atoms with Gasteiger partial charge in [-0.05, 0) is 30.3 Å². The Morgan fingerprint density at radius 3 is 2.61 bits per heavy atom. The van der Waals surface area contributed by atoms with Gasteiger partial charge in [-0.3, -0.25) is 0 Å². The summed E-state index contributed by atoms with van der Waals surface area (Å²) in [6.45, 7) is 1.47. The monoisotopic (exact) mass is 259 g/mol. The van der Waals surface area contributed by atoms with E-state index in [1.54, 1.807) is 0 Å². The van der Waals surface area contributed by atoms with Gasteiger partial charge in [0.1, 0.15) is 5.75 Å². The summed E-state index contributed by atoms with van der Waals surface area (Å²) in [5, 5.41) is 0. The van der Waals surface area contributed by atoms with Gasteiger partial charge >= 0.3 is 0 Å². The molecule has 0 saturated carbocycles. The lowest BCUT2D eigenvalue weighted by atomic mass is 10.1. The standard InChI is InChI=1S/C14H13NOS.CH4/c17-13-6-7-14-11(8-13)9-15(10-16-14)12-4-2-1-3-5-12;/h1-8,17H,9-10H2;1H4. The fraction of sp³-hybridized carbons (Fsp3) is 0.200. The van der Waals surface area contributed by atoms with E-state index in [0.29, 0.717) is 6.73 Å². The van der Waals surface area contributed by atoms with Crippen molar-refractivity contribution in [3.05, 3.63) is 54.1 Å². The summed E-state index contributed by atoms with van der Waals surface area (Å²) in [6, 6.07) is 16.3. The minimum atomic E-state index is 0. The molecule has 3 rings (SSSR count). The Hall–Kier alpha value is -1.61. The van der Waals surface area contributed by atoms with Crippen molar-refractivity contribution in [1.29, 1.82) is 0 Å². The van der Waals surface area contributed by atoms with Crippen molar-refractivity contribution in [2.24, 2.45) is 0 Å². The summed E-state index contributed by atoms with van der Waals surface area (Å²) >= 11 is 4.36. The second kappa shape index (κ2) is 5.36. The van der Waals surface area contributed by atoms with E-state index in [-0.39, 0.29) is 7.43 Å². The van der Waals surface area contributed by atoms with Gasteiger partial charge in [-0.1, -0.05) is 25.6 Å². The molecule has 2 nitrogen and oxygen atoms in total. The van der Waals surface area contributed by atoms with Crippen LogP contribution in [-0.4, -0.2) is 6.73 Å². The maximum absolute atomic E-state index is 5.74. The van der Waals surface area contributed by atoms with Crippen molar-refractivity contribution in [1.82, 2.24) is 0 Å². The third kappa shape index (κ3) is 2.46. The van der Waals surface area contributed by atoms with E-state index in [0.717, 1.165) is 17.2 Å². The van der Waals surface area contributed by atoms with Crippen molar-refractivity contribution in [3.63, 3.8) is 0 Å². The summed E-state index contributed by atoms with van der Waals surface area (Å²) in [5.74, 6) is 0.968. The summed E-state index contributed by atoms with van der Waals surface area (Å²) < 4.78 is 5.74. The van der Waals surface area contributed by atoms with Crippen molar-refractivity contribution in [2.75, 3.05) is 11.6 Å². The quantitative estimate of drug-likeness (QED) is 0.778. The van der Waals surface area contributed by atoms with Gasteiger partial charge in [-0.25, -0.2) is 0 Å². The second-order valence-corrected chi connectivity index (χ2v) is 4.62. The van der Waals surface area contributed by atoms with Gasteiger partial charge in [-0.2, -0.15) is 0 Å². The molecule has 0 spiro atoms. The third-order valence-corrected chi connectivity index (χ3v) is 3.18. The lowest BCUT2D eigenvalue weighted by molar-refractivity contribution is 0.289. The maximum Gasteiger partial charge on any atom is 0.161 e. The molecule has 1 aliphatic heterocycles. The molecule has 1 aliphatic rings. The Labute approximate surface area is 114 Å². The van der Waals surface area contributed by atoms with Crippen molar-refractivity contribution >= 4 is 18.3 Å².